The van der Waals surface area contributed by atoms with Gasteiger partial charge in [0.15, 0.2) is 4.32 Å². The van der Waals surface area contributed by atoms with Crippen LogP contribution in [0, 0.1) is 5.82 Å². The summed E-state index contributed by atoms with van der Waals surface area (Å²) in [5.41, 5.74) is 1.10. The van der Waals surface area contributed by atoms with E-state index >= 15 is 0 Å². The van der Waals surface area contributed by atoms with Gasteiger partial charge in [-0.1, -0.05) is 60.4 Å². The summed E-state index contributed by atoms with van der Waals surface area (Å²) in [5.74, 6) is -0.582. The van der Waals surface area contributed by atoms with Gasteiger partial charge in [-0.2, -0.15) is 0 Å². The Balaban J connectivity index is 1.96. The Hall–Kier alpha value is -1.98. The maximum Gasteiger partial charge on any atom is 0.270 e. The molecule has 0 unspecified atom stereocenters. The highest BCUT2D eigenvalue weighted by molar-refractivity contribution is 8.27. The zero-order valence-corrected chi connectivity index (χ0v) is 12.5. The maximum absolute atomic E-state index is 13.7. The number of hydrogen-bond donors (Lipinski definition) is 0. The van der Waals surface area contributed by atoms with Gasteiger partial charge in [0.05, 0.1) is 10.6 Å². The molecule has 1 amide bonds. The van der Waals surface area contributed by atoms with Crippen LogP contribution in [0.2, 0.25) is 0 Å². The van der Waals surface area contributed by atoms with Gasteiger partial charge in [0, 0.05) is 5.56 Å². The quantitative estimate of drug-likeness (QED) is 0.611. The third kappa shape index (κ3) is 2.75. The van der Waals surface area contributed by atoms with E-state index in [0.29, 0.717) is 14.8 Å². The molecule has 104 valence electrons. The largest absolute Gasteiger partial charge is 0.270 e. The Bertz CT molecular complexity index is 743. The van der Waals surface area contributed by atoms with E-state index in [1.807, 2.05) is 30.3 Å². The fourth-order valence-electron chi connectivity index (χ4n) is 2.00. The van der Waals surface area contributed by atoms with E-state index in [1.54, 1.807) is 18.2 Å². The average Bonchev–Trinajstić information content (AvgIpc) is 2.77. The zero-order chi connectivity index (χ0) is 14.8. The lowest BCUT2D eigenvalue weighted by atomic mass is 10.2. The molecular formula is C16H10FNOS2. The van der Waals surface area contributed by atoms with Crippen molar-refractivity contribution in [3.8, 4) is 0 Å². The summed E-state index contributed by atoms with van der Waals surface area (Å²) in [5, 5.41) is 0. The van der Waals surface area contributed by atoms with Gasteiger partial charge in [0.2, 0.25) is 0 Å². The van der Waals surface area contributed by atoms with Crippen molar-refractivity contribution < 1.29 is 9.18 Å². The number of nitrogens with zero attached hydrogens (tertiary/aromatic N) is 1. The summed E-state index contributed by atoms with van der Waals surface area (Å²) in [6.45, 7) is 0. The predicted molar refractivity (Wildman–Crippen MR) is 88.5 cm³/mol. The molecule has 1 saturated heterocycles. The first-order chi connectivity index (χ1) is 10.2. The average molecular weight is 315 g/mol. The molecule has 2 aromatic carbocycles. The van der Waals surface area contributed by atoms with E-state index < -0.39 is 0 Å². The fourth-order valence-corrected chi connectivity index (χ4v) is 3.29. The van der Waals surface area contributed by atoms with Crippen molar-refractivity contribution in [2.24, 2.45) is 0 Å². The Morgan fingerprint density at radius 2 is 1.71 bits per heavy atom. The molecule has 3 rings (SSSR count). The van der Waals surface area contributed by atoms with Gasteiger partial charge in [-0.25, -0.2) is 4.39 Å². The first-order valence-corrected chi connectivity index (χ1v) is 7.47. The minimum Gasteiger partial charge on any atom is -0.268 e. The van der Waals surface area contributed by atoms with Crippen molar-refractivity contribution in [3.63, 3.8) is 0 Å². The number of thioether (sulfide) groups is 1. The monoisotopic (exact) mass is 315 g/mol. The van der Waals surface area contributed by atoms with Crippen LogP contribution in [0.15, 0.2) is 59.5 Å². The Morgan fingerprint density at radius 3 is 2.43 bits per heavy atom. The van der Waals surface area contributed by atoms with E-state index in [1.165, 1.54) is 28.8 Å². The van der Waals surface area contributed by atoms with E-state index in [9.17, 15) is 9.18 Å². The number of thiocarbonyl (C=S) groups is 1. The number of halogens is 1. The Kier molecular flexibility index (Phi) is 3.86. The zero-order valence-electron chi connectivity index (χ0n) is 10.8. The first-order valence-electron chi connectivity index (χ1n) is 6.24. The highest BCUT2D eigenvalue weighted by atomic mass is 32.2. The van der Waals surface area contributed by atoms with Crippen molar-refractivity contribution in [2.75, 3.05) is 4.90 Å². The van der Waals surface area contributed by atoms with Gasteiger partial charge < -0.3 is 0 Å². The minimum atomic E-state index is -0.359. The third-order valence-electron chi connectivity index (χ3n) is 3.00. The minimum absolute atomic E-state index is 0.223. The highest BCUT2D eigenvalue weighted by Crippen LogP contribution is 2.36. The van der Waals surface area contributed by atoms with E-state index in [-0.39, 0.29) is 11.7 Å². The molecule has 0 N–H and O–H groups in total. The summed E-state index contributed by atoms with van der Waals surface area (Å²) < 4.78 is 14.1. The standard InChI is InChI=1S/C16H10FNOS2/c17-13-9-5-4-6-11(13)10-14-15(19)18(16(20)21-14)12-7-2-1-3-8-12/h1-10H/b14-10-. The van der Waals surface area contributed by atoms with Crippen LogP contribution in [0.3, 0.4) is 0 Å². The molecule has 1 aliphatic heterocycles. The van der Waals surface area contributed by atoms with Crippen LogP contribution in [0.4, 0.5) is 10.1 Å². The molecule has 2 aromatic rings. The number of para-hydroxylation sites is 1. The lowest BCUT2D eigenvalue weighted by Gasteiger charge is -2.13. The number of anilines is 1. The molecule has 1 heterocycles. The number of benzene rings is 2. The fraction of sp³-hybridized carbons (Fsp3) is 0. The summed E-state index contributed by atoms with van der Waals surface area (Å²) in [4.78, 5) is 14.3. The molecular weight excluding hydrogens is 305 g/mol. The Morgan fingerprint density at radius 1 is 1.05 bits per heavy atom. The second-order valence-electron chi connectivity index (χ2n) is 4.37. The van der Waals surface area contributed by atoms with Crippen LogP contribution in [-0.2, 0) is 4.79 Å². The molecule has 0 bridgehead atoms. The van der Waals surface area contributed by atoms with Crippen molar-refractivity contribution >= 4 is 46.0 Å². The molecule has 0 aromatic heterocycles. The number of carbonyl (C=O) groups is 1. The summed E-state index contributed by atoms with van der Waals surface area (Å²) in [6.07, 6.45) is 1.54. The number of hydrogen-bond acceptors (Lipinski definition) is 3. The third-order valence-corrected chi connectivity index (χ3v) is 4.30. The van der Waals surface area contributed by atoms with Gasteiger partial charge in [-0.3, -0.25) is 9.69 Å². The second-order valence-corrected chi connectivity index (χ2v) is 6.05. The molecule has 0 spiro atoms. The number of rotatable bonds is 2. The van der Waals surface area contributed by atoms with Crippen LogP contribution < -0.4 is 4.90 Å². The summed E-state index contributed by atoms with van der Waals surface area (Å²) in [7, 11) is 0. The maximum atomic E-state index is 13.7. The predicted octanol–water partition coefficient (Wildman–Crippen LogP) is 4.23. The normalized spacial score (nSPS) is 16.8. The summed E-state index contributed by atoms with van der Waals surface area (Å²) in [6, 6.07) is 15.5. The van der Waals surface area contributed by atoms with Crippen molar-refractivity contribution in [2.45, 2.75) is 0 Å². The van der Waals surface area contributed by atoms with Crippen LogP contribution in [0.25, 0.3) is 6.08 Å². The molecule has 0 radical (unpaired) electrons. The van der Waals surface area contributed by atoms with Crippen molar-refractivity contribution in [3.05, 3.63) is 70.9 Å². The molecule has 0 saturated carbocycles. The molecule has 2 nitrogen and oxygen atoms in total. The van der Waals surface area contributed by atoms with Crippen molar-refractivity contribution in [1.29, 1.82) is 0 Å². The van der Waals surface area contributed by atoms with E-state index in [0.717, 1.165) is 5.69 Å². The number of amides is 1. The summed E-state index contributed by atoms with van der Waals surface area (Å²) >= 11 is 6.44. The SMILES string of the molecule is O=C1/C(=C/c2ccccc2F)SC(=S)N1c1ccccc1. The van der Waals surface area contributed by atoms with Gasteiger partial charge in [-0.15, -0.1) is 0 Å². The lowest BCUT2D eigenvalue weighted by Crippen LogP contribution is -2.27. The number of carbonyl (C=O) groups excluding carboxylic acids is 1. The molecule has 1 fully saturated rings. The van der Waals surface area contributed by atoms with Gasteiger partial charge in [0.25, 0.3) is 5.91 Å². The van der Waals surface area contributed by atoms with Crippen LogP contribution in [0.5, 0.6) is 0 Å². The van der Waals surface area contributed by atoms with Gasteiger partial charge in [0.1, 0.15) is 5.82 Å². The van der Waals surface area contributed by atoms with Gasteiger partial charge in [-0.05, 0) is 24.3 Å². The molecule has 1 aliphatic rings. The van der Waals surface area contributed by atoms with E-state index in [4.69, 9.17) is 12.2 Å². The van der Waals surface area contributed by atoms with Crippen LogP contribution in [-0.4, -0.2) is 10.2 Å². The first kappa shape index (κ1) is 14.0. The van der Waals surface area contributed by atoms with Crippen LogP contribution in [0.1, 0.15) is 5.56 Å². The highest BCUT2D eigenvalue weighted by Gasteiger charge is 2.33. The van der Waals surface area contributed by atoms with Crippen LogP contribution >= 0.6 is 24.0 Å². The Labute approximate surface area is 131 Å². The van der Waals surface area contributed by atoms with E-state index in [2.05, 4.69) is 0 Å². The van der Waals surface area contributed by atoms with Crippen molar-refractivity contribution in [1.82, 2.24) is 0 Å². The van der Waals surface area contributed by atoms with Gasteiger partial charge >= 0.3 is 0 Å². The molecule has 0 aliphatic carbocycles. The topological polar surface area (TPSA) is 20.3 Å². The smallest absolute Gasteiger partial charge is 0.268 e. The second kappa shape index (κ2) is 5.79. The lowest BCUT2D eigenvalue weighted by molar-refractivity contribution is -0.113. The molecule has 5 heteroatoms. The molecule has 0 atom stereocenters. The molecule has 21 heavy (non-hydrogen) atoms.